The maximum atomic E-state index is 11.2. The van der Waals surface area contributed by atoms with Crippen molar-refractivity contribution in [3.63, 3.8) is 0 Å². The molecule has 6 nitrogen and oxygen atoms in total. The van der Waals surface area contributed by atoms with Crippen molar-refractivity contribution in [1.82, 2.24) is 10.1 Å². The predicted molar refractivity (Wildman–Crippen MR) is 69.1 cm³/mol. The van der Waals surface area contributed by atoms with E-state index in [-0.39, 0.29) is 12.0 Å². The smallest absolute Gasteiger partial charge is 0.307 e. The Morgan fingerprint density at radius 3 is 2.90 bits per heavy atom. The number of nitrogens with zero attached hydrogens (tertiary/aromatic N) is 2. The number of hydrogen-bond donors (Lipinski definition) is 1. The summed E-state index contributed by atoms with van der Waals surface area (Å²) < 4.78 is 11.0. The van der Waals surface area contributed by atoms with Crippen molar-refractivity contribution < 1.29 is 19.2 Å². The van der Waals surface area contributed by atoms with Gasteiger partial charge in [0.15, 0.2) is 0 Å². The molecule has 3 atom stereocenters. The Morgan fingerprint density at radius 2 is 2.25 bits per heavy atom. The van der Waals surface area contributed by atoms with Crippen molar-refractivity contribution in [3.05, 3.63) is 11.7 Å². The Bertz CT molecular complexity index is 483. The molecule has 0 amide bonds. The average Bonchev–Trinajstić information content (AvgIpc) is 2.95. The molecule has 1 aromatic rings. The minimum absolute atomic E-state index is 0.0952. The number of hydrogen-bond acceptors (Lipinski definition) is 5. The second-order valence-electron chi connectivity index (χ2n) is 5.69. The van der Waals surface area contributed by atoms with Crippen molar-refractivity contribution >= 4 is 5.97 Å². The van der Waals surface area contributed by atoms with Crippen molar-refractivity contribution in [2.45, 2.75) is 51.0 Å². The highest BCUT2D eigenvalue weighted by molar-refractivity contribution is 5.71. The summed E-state index contributed by atoms with van der Waals surface area (Å²) in [5.41, 5.74) is 0. The van der Waals surface area contributed by atoms with Gasteiger partial charge in [0.25, 0.3) is 0 Å². The van der Waals surface area contributed by atoms with E-state index in [1.165, 1.54) is 0 Å². The minimum atomic E-state index is -0.768. The van der Waals surface area contributed by atoms with E-state index >= 15 is 0 Å². The first kappa shape index (κ1) is 13.5. The maximum absolute atomic E-state index is 11.2. The molecule has 0 radical (unpaired) electrons. The van der Waals surface area contributed by atoms with Gasteiger partial charge in [0.1, 0.15) is 6.10 Å². The molecule has 3 rings (SSSR count). The highest BCUT2D eigenvalue weighted by Gasteiger charge is 2.40. The monoisotopic (exact) mass is 280 g/mol. The third kappa shape index (κ3) is 2.57. The summed E-state index contributed by atoms with van der Waals surface area (Å²) in [6, 6.07) is 0. The Kier molecular flexibility index (Phi) is 3.74. The summed E-state index contributed by atoms with van der Waals surface area (Å²) in [6.45, 7) is 2.57. The van der Waals surface area contributed by atoms with Gasteiger partial charge >= 0.3 is 5.97 Å². The van der Waals surface area contributed by atoms with Gasteiger partial charge in [-0.25, -0.2) is 0 Å². The van der Waals surface area contributed by atoms with E-state index in [0.29, 0.717) is 30.7 Å². The number of aliphatic carboxylic acids is 1. The van der Waals surface area contributed by atoms with Crippen molar-refractivity contribution in [1.29, 1.82) is 0 Å². The van der Waals surface area contributed by atoms with Crippen LogP contribution >= 0.6 is 0 Å². The SMILES string of the molecule is CCOC(c1noc(C2CCCC2C(=O)O)n1)C1CC1. The zero-order valence-corrected chi connectivity index (χ0v) is 11.6. The van der Waals surface area contributed by atoms with E-state index in [0.717, 1.165) is 25.7 Å². The molecule has 2 saturated carbocycles. The number of aromatic nitrogens is 2. The fourth-order valence-electron chi connectivity index (χ4n) is 3.06. The molecule has 0 spiro atoms. The molecule has 0 aromatic carbocycles. The lowest BCUT2D eigenvalue weighted by Gasteiger charge is -2.12. The van der Waals surface area contributed by atoms with E-state index < -0.39 is 11.9 Å². The lowest BCUT2D eigenvalue weighted by Crippen LogP contribution is -2.17. The zero-order valence-electron chi connectivity index (χ0n) is 11.6. The van der Waals surface area contributed by atoms with Gasteiger partial charge in [0.05, 0.1) is 11.8 Å². The van der Waals surface area contributed by atoms with Crippen LogP contribution in [0.5, 0.6) is 0 Å². The van der Waals surface area contributed by atoms with Gasteiger partial charge in [-0.1, -0.05) is 11.6 Å². The Morgan fingerprint density at radius 1 is 1.45 bits per heavy atom. The normalized spacial score (nSPS) is 27.6. The molecule has 0 saturated heterocycles. The first-order valence-electron chi connectivity index (χ1n) is 7.38. The van der Waals surface area contributed by atoms with Crippen molar-refractivity contribution in [3.8, 4) is 0 Å². The number of carboxylic acids is 1. The Hall–Kier alpha value is -1.43. The second kappa shape index (κ2) is 5.52. The number of carboxylic acid groups (broad SMARTS) is 1. The standard InChI is InChI=1S/C14H20N2O4/c1-2-19-11(8-6-7-8)12-15-13(20-16-12)9-4-3-5-10(9)14(17)18/h8-11H,2-7H2,1H3,(H,17,18). The molecule has 1 aromatic heterocycles. The molecular formula is C14H20N2O4. The van der Waals surface area contributed by atoms with Gasteiger partial charge in [-0.15, -0.1) is 0 Å². The van der Waals surface area contributed by atoms with Gasteiger partial charge in [-0.3, -0.25) is 4.79 Å². The first-order valence-corrected chi connectivity index (χ1v) is 7.38. The third-order valence-electron chi connectivity index (χ3n) is 4.26. The predicted octanol–water partition coefficient (Wildman–Crippen LogP) is 2.53. The molecule has 2 aliphatic rings. The highest BCUT2D eigenvalue weighted by atomic mass is 16.5. The van der Waals surface area contributed by atoms with E-state index in [1.807, 2.05) is 6.92 Å². The maximum Gasteiger partial charge on any atom is 0.307 e. The third-order valence-corrected chi connectivity index (χ3v) is 4.26. The van der Waals surface area contributed by atoms with Gasteiger partial charge in [0, 0.05) is 6.61 Å². The van der Waals surface area contributed by atoms with Crippen LogP contribution in [0, 0.1) is 11.8 Å². The molecule has 0 aliphatic heterocycles. The summed E-state index contributed by atoms with van der Waals surface area (Å²) in [5, 5.41) is 13.3. The molecular weight excluding hydrogens is 260 g/mol. The number of ether oxygens (including phenoxy) is 1. The number of rotatable bonds is 6. The topological polar surface area (TPSA) is 85.5 Å². The molecule has 1 heterocycles. The van der Waals surface area contributed by atoms with E-state index in [2.05, 4.69) is 10.1 Å². The van der Waals surface area contributed by atoms with Crippen LogP contribution in [0.4, 0.5) is 0 Å². The van der Waals surface area contributed by atoms with Crippen molar-refractivity contribution in [2.24, 2.45) is 11.8 Å². The zero-order chi connectivity index (χ0) is 14.1. The highest BCUT2D eigenvalue weighted by Crippen LogP contribution is 2.44. The quantitative estimate of drug-likeness (QED) is 0.861. The van der Waals surface area contributed by atoms with Crippen LogP contribution in [0.25, 0.3) is 0 Å². The van der Waals surface area contributed by atoms with E-state index in [1.54, 1.807) is 0 Å². The van der Waals surface area contributed by atoms with Crippen LogP contribution in [-0.4, -0.2) is 27.8 Å². The Labute approximate surface area is 117 Å². The van der Waals surface area contributed by atoms with Crippen LogP contribution in [0.1, 0.15) is 62.8 Å². The first-order chi connectivity index (χ1) is 9.70. The molecule has 2 fully saturated rings. The van der Waals surface area contributed by atoms with Crippen LogP contribution in [0.2, 0.25) is 0 Å². The summed E-state index contributed by atoms with van der Waals surface area (Å²) in [5.74, 6) is 0.232. The van der Waals surface area contributed by atoms with Crippen molar-refractivity contribution in [2.75, 3.05) is 6.61 Å². The summed E-state index contributed by atoms with van der Waals surface area (Å²) in [4.78, 5) is 15.7. The molecule has 0 bridgehead atoms. The molecule has 3 unspecified atom stereocenters. The summed E-state index contributed by atoms with van der Waals surface area (Å²) >= 11 is 0. The van der Waals surface area contributed by atoms with Gasteiger partial charge < -0.3 is 14.4 Å². The fraction of sp³-hybridized carbons (Fsp3) is 0.786. The molecule has 1 N–H and O–H groups in total. The summed E-state index contributed by atoms with van der Waals surface area (Å²) in [6.07, 6.45) is 4.57. The van der Waals surface area contributed by atoms with Crippen LogP contribution in [0.3, 0.4) is 0 Å². The van der Waals surface area contributed by atoms with Gasteiger partial charge in [-0.05, 0) is 38.5 Å². The Balaban J connectivity index is 1.77. The van der Waals surface area contributed by atoms with Crippen LogP contribution in [-0.2, 0) is 9.53 Å². The van der Waals surface area contributed by atoms with Gasteiger partial charge in [0.2, 0.25) is 11.7 Å². The minimum Gasteiger partial charge on any atom is -0.481 e. The average molecular weight is 280 g/mol. The van der Waals surface area contributed by atoms with Crippen LogP contribution < -0.4 is 0 Å². The van der Waals surface area contributed by atoms with E-state index in [4.69, 9.17) is 9.26 Å². The molecule has 2 aliphatic carbocycles. The summed E-state index contributed by atoms with van der Waals surface area (Å²) in [7, 11) is 0. The second-order valence-corrected chi connectivity index (χ2v) is 5.69. The largest absolute Gasteiger partial charge is 0.481 e. The lowest BCUT2D eigenvalue weighted by molar-refractivity contribution is -0.142. The molecule has 110 valence electrons. The van der Waals surface area contributed by atoms with E-state index in [9.17, 15) is 9.90 Å². The lowest BCUT2D eigenvalue weighted by atomic mass is 9.96. The molecule has 6 heteroatoms. The fourth-order valence-corrected chi connectivity index (χ4v) is 3.06. The van der Waals surface area contributed by atoms with Gasteiger partial charge in [-0.2, -0.15) is 4.98 Å². The van der Waals surface area contributed by atoms with Crippen LogP contribution in [0.15, 0.2) is 4.52 Å². The molecule has 20 heavy (non-hydrogen) atoms. The number of carbonyl (C=O) groups is 1.